The Hall–Kier alpha value is -1.68. The van der Waals surface area contributed by atoms with Gasteiger partial charge in [-0.25, -0.2) is 0 Å². The van der Waals surface area contributed by atoms with Gasteiger partial charge < -0.3 is 10.3 Å². The summed E-state index contributed by atoms with van der Waals surface area (Å²) in [6.07, 6.45) is 0. The summed E-state index contributed by atoms with van der Waals surface area (Å²) < 4.78 is 2.08. The van der Waals surface area contributed by atoms with E-state index in [4.69, 9.17) is 5.73 Å². The number of nitrogens with two attached hydrogens (primary N) is 1. The molecule has 1 atom stereocenters. The lowest BCUT2D eigenvalue weighted by Crippen LogP contribution is -2.19. The minimum Gasteiger partial charge on any atom is -0.318 e. The maximum absolute atomic E-state index is 6.24. The molecular weight excluding hydrogens is 212 g/mol. The van der Waals surface area contributed by atoms with Crippen LogP contribution in [-0.2, 0) is 0 Å². The third-order valence-electron chi connectivity index (χ3n) is 2.85. The van der Waals surface area contributed by atoms with Crippen LogP contribution in [0.3, 0.4) is 0 Å². The summed E-state index contributed by atoms with van der Waals surface area (Å²) in [7, 11) is 0. The van der Waals surface area contributed by atoms with Crippen molar-refractivity contribution in [2.45, 2.75) is 32.9 Å². The van der Waals surface area contributed by atoms with Crippen molar-refractivity contribution in [1.29, 1.82) is 0 Å². The lowest BCUT2D eigenvalue weighted by Gasteiger charge is -2.17. The molecule has 0 bridgehead atoms. The highest BCUT2D eigenvalue weighted by Crippen LogP contribution is 2.21. The molecule has 0 aliphatic rings. The highest BCUT2D eigenvalue weighted by atomic mass is 15.3. The molecule has 2 aromatic rings. The predicted molar refractivity (Wildman–Crippen MR) is 67.6 cm³/mol. The van der Waals surface area contributed by atoms with Crippen LogP contribution < -0.4 is 5.73 Å². The van der Waals surface area contributed by atoms with Gasteiger partial charge in [-0.3, -0.25) is 0 Å². The molecule has 0 saturated carbocycles. The minimum atomic E-state index is -0.222. The van der Waals surface area contributed by atoms with Crippen LogP contribution in [0.4, 0.5) is 0 Å². The molecule has 0 aliphatic carbocycles. The Morgan fingerprint density at radius 2 is 1.76 bits per heavy atom. The third-order valence-corrected chi connectivity index (χ3v) is 2.85. The topological polar surface area (TPSA) is 56.7 Å². The van der Waals surface area contributed by atoms with Gasteiger partial charge in [0.25, 0.3) is 0 Å². The second kappa shape index (κ2) is 4.67. The molecule has 90 valence electrons. The molecule has 1 unspecified atom stereocenters. The number of aromatic nitrogens is 3. The molecule has 4 nitrogen and oxygen atoms in total. The Balaban J connectivity index is 2.41. The third kappa shape index (κ3) is 2.22. The first kappa shape index (κ1) is 11.8. The van der Waals surface area contributed by atoms with Crippen molar-refractivity contribution >= 4 is 0 Å². The van der Waals surface area contributed by atoms with Gasteiger partial charge in [-0.05, 0) is 26.3 Å². The molecule has 0 spiro atoms. The second-order valence-corrected chi connectivity index (χ2v) is 4.46. The molecule has 0 aliphatic heterocycles. The standard InChI is InChI=1S/C13H18N4/c1-9(2)17-10(3)15-16-13(17)12(14)11-7-5-4-6-8-11/h4-9,12H,14H2,1-3H3. The number of aryl methyl sites for hydroxylation is 1. The van der Waals surface area contributed by atoms with Crippen molar-refractivity contribution in [3.05, 3.63) is 47.5 Å². The highest BCUT2D eigenvalue weighted by molar-refractivity contribution is 5.24. The lowest BCUT2D eigenvalue weighted by molar-refractivity contribution is 0.540. The van der Waals surface area contributed by atoms with E-state index in [1.807, 2.05) is 37.3 Å². The first-order valence-electron chi connectivity index (χ1n) is 5.83. The second-order valence-electron chi connectivity index (χ2n) is 4.46. The van der Waals surface area contributed by atoms with E-state index >= 15 is 0 Å². The summed E-state index contributed by atoms with van der Waals surface area (Å²) in [5.41, 5.74) is 7.30. The Kier molecular flexibility index (Phi) is 3.24. The van der Waals surface area contributed by atoms with Crippen molar-refractivity contribution < 1.29 is 0 Å². The molecule has 1 aromatic heterocycles. The van der Waals surface area contributed by atoms with Crippen molar-refractivity contribution in [2.75, 3.05) is 0 Å². The monoisotopic (exact) mass is 230 g/mol. The molecule has 0 radical (unpaired) electrons. The number of rotatable bonds is 3. The van der Waals surface area contributed by atoms with Gasteiger partial charge in [0.1, 0.15) is 5.82 Å². The fourth-order valence-corrected chi connectivity index (χ4v) is 2.05. The largest absolute Gasteiger partial charge is 0.318 e. The quantitative estimate of drug-likeness (QED) is 0.879. The SMILES string of the molecule is Cc1nnc(C(N)c2ccccc2)n1C(C)C. The van der Waals surface area contributed by atoms with E-state index in [0.717, 1.165) is 17.2 Å². The smallest absolute Gasteiger partial charge is 0.154 e. The summed E-state index contributed by atoms with van der Waals surface area (Å²) in [4.78, 5) is 0. The van der Waals surface area contributed by atoms with Gasteiger partial charge in [0, 0.05) is 6.04 Å². The number of hydrogen-bond acceptors (Lipinski definition) is 3. The summed E-state index contributed by atoms with van der Waals surface area (Å²) in [5.74, 6) is 1.73. The van der Waals surface area contributed by atoms with E-state index in [1.54, 1.807) is 0 Å². The molecule has 17 heavy (non-hydrogen) atoms. The Bertz CT molecular complexity index is 487. The summed E-state index contributed by atoms with van der Waals surface area (Å²) in [5, 5.41) is 8.32. The van der Waals surface area contributed by atoms with Gasteiger partial charge in [0.15, 0.2) is 5.82 Å². The Labute approximate surface area is 101 Å². The van der Waals surface area contributed by atoms with E-state index in [-0.39, 0.29) is 6.04 Å². The van der Waals surface area contributed by atoms with Crippen LogP contribution in [0.2, 0.25) is 0 Å². The van der Waals surface area contributed by atoms with E-state index in [9.17, 15) is 0 Å². The normalized spacial score (nSPS) is 13.0. The zero-order valence-electron chi connectivity index (χ0n) is 10.5. The molecule has 0 saturated heterocycles. The predicted octanol–water partition coefficient (Wildman–Crippen LogP) is 2.22. The lowest BCUT2D eigenvalue weighted by atomic mass is 10.1. The van der Waals surface area contributed by atoms with Crippen LogP contribution in [0.5, 0.6) is 0 Å². The van der Waals surface area contributed by atoms with Crippen LogP contribution in [0, 0.1) is 6.92 Å². The Morgan fingerprint density at radius 3 is 2.35 bits per heavy atom. The van der Waals surface area contributed by atoms with Gasteiger partial charge in [0.2, 0.25) is 0 Å². The van der Waals surface area contributed by atoms with E-state index in [0.29, 0.717) is 6.04 Å². The first-order valence-corrected chi connectivity index (χ1v) is 5.83. The zero-order valence-corrected chi connectivity index (χ0v) is 10.5. The molecule has 1 aromatic carbocycles. The maximum Gasteiger partial charge on any atom is 0.154 e. The number of hydrogen-bond donors (Lipinski definition) is 1. The number of nitrogens with zero attached hydrogens (tertiary/aromatic N) is 3. The zero-order chi connectivity index (χ0) is 12.4. The fourth-order valence-electron chi connectivity index (χ4n) is 2.05. The van der Waals surface area contributed by atoms with Gasteiger partial charge in [-0.15, -0.1) is 10.2 Å². The summed E-state index contributed by atoms with van der Waals surface area (Å²) in [6.45, 7) is 6.17. The van der Waals surface area contributed by atoms with Crippen molar-refractivity contribution in [1.82, 2.24) is 14.8 Å². The molecule has 1 heterocycles. The van der Waals surface area contributed by atoms with Crippen molar-refractivity contribution in [2.24, 2.45) is 5.73 Å². The van der Waals surface area contributed by atoms with Crippen LogP contribution in [-0.4, -0.2) is 14.8 Å². The van der Waals surface area contributed by atoms with Gasteiger partial charge in [0.05, 0.1) is 6.04 Å². The minimum absolute atomic E-state index is 0.222. The summed E-state index contributed by atoms with van der Waals surface area (Å²) >= 11 is 0. The first-order chi connectivity index (χ1) is 8.11. The van der Waals surface area contributed by atoms with Gasteiger partial charge in [-0.2, -0.15) is 0 Å². The Morgan fingerprint density at radius 1 is 1.12 bits per heavy atom. The van der Waals surface area contributed by atoms with E-state index in [1.165, 1.54) is 0 Å². The van der Waals surface area contributed by atoms with E-state index in [2.05, 4.69) is 28.6 Å². The molecule has 2 rings (SSSR count). The van der Waals surface area contributed by atoms with Gasteiger partial charge in [-0.1, -0.05) is 30.3 Å². The van der Waals surface area contributed by atoms with Crippen molar-refractivity contribution in [3.8, 4) is 0 Å². The fraction of sp³-hybridized carbons (Fsp3) is 0.385. The van der Waals surface area contributed by atoms with Crippen LogP contribution in [0.15, 0.2) is 30.3 Å². The van der Waals surface area contributed by atoms with Crippen LogP contribution >= 0.6 is 0 Å². The highest BCUT2D eigenvalue weighted by Gasteiger charge is 2.19. The van der Waals surface area contributed by atoms with E-state index < -0.39 is 0 Å². The molecule has 0 fully saturated rings. The molecule has 2 N–H and O–H groups in total. The van der Waals surface area contributed by atoms with Gasteiger partial charge >= 0.3 is 0 Å². The number of benzene rings is 1. The average Bonchev–Trinajstić information content (AvgIpc) is 2.71. The van der Waals surface area contributed by atoms with Crippen molar-refractivity contribution in [3.63, 3.8) is 0 Å². The van der Waals surface area contributed by atoms with Crippen LogP contribution in [0.1, 0.15) is 43.1 Å². The molecule has 4 heteroatoms. The maximum atomic E-state index is 6.24. The molecule has 0 amide bonds. The molecular formula is C13H18N4. The van der Waals surface area contributed by atoms with Crippen LogP contribution in [0.25, 0.3) is 0 Å². The summed E-state index contributed by atoms with van der Waals surface area (Å²) in [6, 6.07) is 10.1. The average molecular weight is 230 g/mol.